The van der Waals surface area contributed by atoms with Crippen LogP contribution in [0.25, 0.3) is 0 Å². The van der Waals surface area contributed by atoms with E-state index in [0.29, 0.717) is 0 Å². The normalized spacial score (nSPS) is 12.2. The summed E-state index contributed by atoms with van der Waals surface area (Å²) in [5.74, 6) is 0.903. The zero-order chi connectivity index (χ0) is 13.0. The summed E-state index contributed by atoms with van der Waals surface area (Å²) in [5.41, 5.74) is 9.55. The highest BCUT2D eigenvalue weighted by Crippen LogP contribution is 2.17. The van der Waals surface area contributed by atoms with Gasteiger partial charge in [0, 0.05) is 6.04 Å². The molecule has 0 aliphatic carbocycles. The van der Waals surface area contributed by atoms with Crippen molar-refractivity contribution in [2.75, 3.05) is 7.11 Å². The Balaban J connectivity index is 2.13. The van der Waals surface area contributed by atoms with Crippen molar-refractivity contribution in [2.24, 2.45) is 5.73 Å². The van der Waals surface area contributed by atoms with Crippen LogP contribution in [0.3, 0.4) is 0 Å². The molecule has 2 nitrogen and oxygen atoms in total. The van der Waals surface area contributed by atoms with Gasteiger partial charge in [-0.15, -0.1) is 0 Å². The number of nitrogens with two attached hydrogens (primary N) is 1. The molecular formula is C16H19NO. The molecule has 0 heterocycles. The van der Waals surface area contributed by atoms with Crippen molar-refractivity contribution in [3.05, 3.63) is 65.2 Å². The minimum Gasteiger partial charge on any atom is -0.497 e. The highest BCUT2D eigenvalue weighted by atomic mass is 16.5. The van der Waals surface area contributed by atoms with Crippen molar-refractivity contribution >= 4 is 0 Å². The maximum Gasteiger partial charge on any atom is 0.119 e. The fraction of sp³-hybridized carbons (Fsp3) is 0.250. The Morgan fingerprint density at radius 3 is 2.39 bits per heavy atom. The van der Waals surface area contributed by atoms with Crippen LogP contribution in [-0.2, 0) is 6.42 Å². The Bertz CT molecular complexity index is 503. The lowest BCUT2D eigenvalue weighted by Crippen LogP contribution is -2.04. The molecule has 0 radical (unpaired) electrons. The zero-order valence-electron chi connectivity index (χ0n) is 10.9. The van der Waals surface area contributed by atoms with Crippen LogP contribution in [0.1, 0.15) is 29.7 Å². The number of hydrogen-bond acceptors (Lipinski definition) is 2. The number of rotatable bonds is 4. The molecule has 1 unspecified atom stereocenters. The van der Waals surface area contributed by atoms with Crippen LogP contribution in [0.15, 0.2) is 48.5 Å². The van der Waals surface area contributed by atoms with Gasteiger partial charge in [-0.1, -0.05) is 36.4 Å². The first-order valence-electron chi connectivity index (χ1n) is 6.16. The van der Waals surface area contributed by atoms with Crippen LogP contribution < -0.4 is 10.5 Å². The largest absolute Gasteiger partial charge is 0.497 e. The van der Waals surface area contributed by atoms with E-state index in [2.05, 4.69) is 36.4 Å². The lowest BCUT2D eigenvalue weighted by molar-refractivity contribution is 0.414. The summed E-state index contributed by atoms with van der Waals surface area (Å²) in [6, 6.07) is 16.7. The van der Waals surface area contributed by atoms with E-state index in [1.165, 1.54) is 16.7 Å². The molecule has 2 rings (SSSR count). The maximum absolute atomic E-state index is 5.84. The van der Waals surface area contributed by atoms with Crippen molar-refractivity contribution in [3.63, 3.8) is 0 Å². The van der Waals surface area contributed by atoms with Gasteiger partial charge in [-0.3, -0.25) is 0 Å². The highest BCUT2D eigenvalue weighted by Gasteiger charge is 2.01. The molecule has 0 fully saturated rings. The fourth-order valence-electron chi connectivity index (χ4n) is 1.96. The Labute approximate surface area is 108 Å². The van der Waals surface area contributed by atoms with Gasteiger partial charge in [-0.05, 0) is 42.2 Å². The van der Waals surface area contributed by atoms with Gasteiger partial charge in [0.15, 0.2) is 0 Å². The molecular weight excluding hydrogens is 222 g/mol. The average molecular weight is 241 g/mol. The van der Waals surface area contributed by atoms with Gasteiger partial charge in [0.1, 0.15) is 5.75 Å². The maximum atomic E-state index is 5.84. The molecule has 0 aromatic heterocycles. The first-order chi connectivity index (χ1) is 8.69. The topological polar surface area (TPSA) is 35.2 Å². The molecule has 0 saturated carbocycles. The van der Waals surface area contributed by atoms with Crippen LogP contribution in [0.2, 0.25) is 0 Å². The molecule has 0 saturated heterocycles. The minimum atomic E-state index is 0.0934. The Kier molecular flexibility index (Phi) is 4.00. The van der Waals surface area contributed by atoms with Gasteiger partial charge in [0.25, 0.3) is 0 Å². The molecule has 2 N–H and O–H groups in total. The van der Waals surface area contributed by atoms with Gasteiger partial charge in [-0.25, -0.2) is 0 Å². The van der Waals surface area contributed by atoms with Crippen molar-refractivity contribution in [3.8, 4) is 5.75 Å². The van der Waals surface area contributed by atoms with Crippen LogP contribution in [0, 0.1) is 0 Å². The lowest BCUT2D eigenvalue weighted by Gasteiger charge is -2.08. The Hall–Kier alpha value is -1.80. The van der Waals surface area contributed by atoms with Crippen LogP contribution >= 0.6 is 0 Å². The second-order valence-electron chi connectivity index (χ2n) is 4.56. The zero-order valence-corrected chi connectivity index (χ0v) is 10.9. The summed E-state index contributed by atoms with van der Waals surface area (Å²) in [6.07, 6.45) is 0.913. The summed E-state index contributed by atoms with van der Waals surface area (Å²) < 4.78 is 5.23. The van der Waals surface area contributed by atoms with Gasteiger partial charge in [0.2, 0.25) is 0 Å². The first-order valence-corrected chi connectivity index (χ1v) is 6.16. The van der Waals surface area contributed by atoms with Gasteiger partial charge in [0.05, 0.1) is 7.11 Å². The van der Waals surface area contributed by atoms with E-state index in [0.717, 1.165) is 12.2 Å². The second kappa shape index (κ2) is 5.69. The predicted octanol–water partition coefficient (Wildman–Crippen LogP) is 3.31. The number of benzene rings is 2. The number of methoxy groups -OCH3 is 1. The van der Waals surface area contributed by atoms with Crippen molar-refractivity contribution in [2.45, 2.75) is 19.4 Å². The van der Waals surface area contributed by atoms with E-state index in [-0.39, 0.29) is 6.04 Å². The molecule has 94 valence electrons. The van der Waals surface area contributed by atoms with Gasteiger partial charge in [-0.2, -0.15) is 0 Å². The molecule has 2 heteroatoms. The van der Waals surface area contributed by atoms with E-state index in [4.69, 9.17) is 10.5 Å². The third-order valence-electron chi connectivity index (χ3n) is 3.05. The van der Waals surface area contributed by atoms with Crippen molar-refractivity contribution in [1.29, 1.82) is 0 Å². The minimum absolute atomic E-state index is 0.0934. The second-order valence-corrected chi connectivity index (χ2v) is 4.56. The quantitative estimate of drug-likeness (QED) is 0.891. The standard InChI is InChI=1S/C16H19NO/c1-12(17)15-8-6-13(7-9-15)10-14-4-3-5-16(11-14)18-2/h3-9,11-12H,10,17H2,1-2H3. The Morgan fingerprint density at radius 2 is 1.78 bits per heavy atom. The summed E-state index contributed by atoms with van der Waals surface area (Å²) in [4.78, 5) is 0. The molecule has 1 atom stereocenters. The SMILES string of the molecule is COc1cccc(Cc2ccc(C(C)N)cc2)c1. The van der Waals surface area contributed by atoms with E-state index in [1.807, 2.05) is 19.1 Å². The molecule has 0 aliphatic heterocycles. The Morgan fingerprint density at radius 1 is 1.06 bits per heavy atom. The fourth-order valence-corrected chi connectivity index (χ4v) is 1.96. The van der Waals surface area contributed by atoms with E-state index < -0.39 is 0 Å². The van der Waals surface area contributed by atoms with Crippen LogP contribution in [0.5, 0.6) is 5.75 Å². The summed E-state index contributed by atoms with van der Waals surface area (Å²) in [5, 5.41) is 0. The molecule has 0 aliphatic rings. The summed E-state index contributed by atoms with van der Waals surface area (Å²) in [6.45, 7) is 2.00. The van der Waals surface area contributed by atoms with E-state index in [1.54, 1.807) is 7.11 Å². The molecule has 2 aromatic carbocycles. The molecule has 0 bridgehead atoms. The number of ether oxygens (including phenoxy) is 1. The van der Waals surface area contributed by atoms with Crippen LogP contribution in [0.4, 0.5) is 0 Å². The third kappa shape index (κ3) is 3.11. The lowest BCUT2D eigenvalue weighted by atomic mass is 10.0. The van der Waals surface area contributed by atoms with Crippen molar-refractivity contribution < 1.29 is 4.74 Å². The average Bonchev–Trinajstić information content (AvgIpc) is 2.39. The third-order valence-corrected chi connectivity index (χ3v) is 3.05. The first kappa shape index (κ1) is 12.7. The van der Waals surface area contributed by atoms with E-state index >= 15 is 0 Å². The molecule has 0 spiro atoms. The molecule has 2 aromatic rings. The van der Waals surface area contributed by atoms with Crippen molar-refractivity contribution in [1.82, 2.24) is 0 Å². The summed E-state index contributed by atoms with van der Waals surface area (Å²) >= 11 is 0. The smallest absolute Gasteiger partial charge is 0.119 e. The molecule has 18 heavy (non-hydrogen) atoms. The molecule has 0 amide bonds. The monoisotopic (exact) mass is 241 g/mol. The van der Waals surface area contributed by atoms with Gasteiger partial charge < -0.3 is 10.5 Å². The van der Waals surface area contributed by atoms with E-state index in [9.17, 15) is 0 Å². The highest BCUT2D eigenvalue weighted by molar-refractivity contribution is 5.34. The number of hydrogen-bond donors (Lipinski definition) is 1. The van der Waals surface area contributed by atoms with Gasteiger partial charge >= 0.3 is 0 Å². The summed E-state index contributed by atoms with van der Waals surface area (Å²) in [7, 11) is 1.69. The van der Waals surface area contributed by atoms with Crippen LogP contribution in [-0.4, -0.2) is 7.11 Å². The predicted molar refractivity (Wildman–Crippen MR) is 74.8 cm³/mol.